The first-order chi connectivity index (χ1) is 16.5. The number of esters is 1. The van der Waals surface area contributed by atoms with E-state index in [0.29, 0.717) is 47.2 Å². The van der Waals surface area contributed by atoms with Crippen molar-refractivity contribution in [2.45, 2.75) is 55.9 Å². The van der Waals surface area contributed by atoms with Crippen molar-refractivity contribution in [1.29, 1.82) is 0 Å². The van der Waals surface area contributed by atoms with Crippen molar-refractivity contribution in [3.8, 4) is 5.75 Å². The number of methoxy groups -OCH3 is 1. The number of likely N-dealkylation sites (tertiary alicyclic amines) is 1. The number of fused-ring (bicyclic) bond motifs is 3. The Morgan fingerprint density at radius 3 is 2.97 bits per heavy atom. The number of hydrogen-bond donors (Lipinski definition) is 1. The standard InChI is InChI=1S/C26H31FN2O4S/c1-3-29-12-4-5-19(29)8-6-16-13-18(27)7-11-23(16)34(31)28-22-10-9-20-21-14-17(21)15-33-25(20)24(22)26(30)32-2/h7,9-11,13,17,19,21,28H,3-6,8,12,14-15H2,1-2H3. The third kappa shape index (κ3) is 4.45. The van der Waals surface area contributed by atoms with E-state index in [9.17, 15) is 13.4 Å². The van der Waals surface area contributed by atoms with Crippen molar-refractivity contribution in [2.24, 2.45) is 5.92 Å². The van der Waals surface area contributed by atoms with Crippen LogP contribution in [0.2, 0.25) is 0 Å². The van der Waals surface area contributed by atoms with Crippen LogP contribution in [0.3, 0.4) is 0 Å². The van der Waals surface area contributed by atoms with Crippen molar-refractivity contribution < 1.29 is 22.9 Å². The van der Waals surface area contributed by atoms with Crippen molar-refractivity contribution >= 4 is 22.6 Å². The van der Waals surface area contributed by atoms with Gasteiger partial charge in [0.25, 0.3) is 0 Å². The van der Waals surface area contributed by atoms with Gasteiger partial charge in [0.1, 0.15) is 17.1 Å². The molecular weight excluding hydrogens is 455 g/mol. The summed E-state index contributed by atoms with van der Waals surface area (Å²) in [4.78, 5) is 15.6. The number of rotatable bonds is 8. The number of carbonyl (C=O) groups is 1. The fourth-order valence-electron chi connectivity index (χ4n) is 5.48. The molecule has 1 aliphatic carbocycles. The van der Waals surface area contributed by atoms with Gasteiger partial charge in [0.2, 0.25) is 0 Å². The van der Waals surface area contributed by atoms with Crippen LogP contribution in [-0.2, 0) is 22.1 Å². The lowest BCUT2D eigenvalue weighted by molar-refractivity contribution is 0.0596. The topological polar surface area (TPSA) is 67.9 Å². The van der Waals surface area contributed by atoms with Crippen LogP contribution in [0.4, 0.5) is 10.1 Å². The summed E-state index contributed by atoms with van der Waals surface area (Å²) in [6, 6.07) is 8.56. The number of ether oxygens (including phenoxy) is 2. The number of halogens is 1. The average Bonchev–Trinajstić information content (AvgIpc) is 3.50. The molecule has 4 atom stereocenters. The SMILES string of the molecule is CCN1CCCC1CCc1cc(F)ccc1S(=O)Nc1ccc2c(c1C(=O)OC)OCC1CC21. The molecule has 2 fully saturated rings. The predicted octanol–water partition coefficient (Wildman–Crippen LogP) is 4.66. The Bertz CT molecular complexity index is 1120. The lowest BCUT2D eigenvalue weighted by Crippen LogP contribution is -2.29. The minimum Gasteiger partial charge on any atom is -0.492 e. The molecule has 5 rings (SSSR count). The monoisotopic (exact) mass is 486 g/mol. The highest BCUT2D eigenvalue weighted by Crippen LogP contribution is 2.55. The Morgan fingerprint density at radius 1 is 1.32 bits per heavy atom. The van der Waals surface area contributed by atoms with Gasteiger partial charge in [0.15, 0.2) is 11.0 Å². The van der Waals surface area contributed by atoms with E-state index in [-0.39, 0.29) is 11.4 Å². The molecule has 3 aliphatic rings. The minimum absolute atomic E-state index is 0.270. The van der Waals surface area contributed by atoms with E-state index in [2.05, 4.69) is 16.5 Å². The van der Waals surface area contributed by atoms with Crippen LogP contribution >= 0.6 is 0 Å². The van der Waals surface area contributed by atoms with Crippen molar-refractivity contribution in [1.82, 2.24) is 4.90 Å². The Hall–Kier alpha value is -2.45. The highest BCUT2D eigenvalue weighted by Gasteiger charge is 2.45. The molecule has 2 heterocycles. The zero-order chi connectivity index (χ0) is 23.8. The first kappa shape index (κ1) is 23.3. The van der Waals surface area contributed by atoms with Gasteiger partial charge in [-0.3, -0.25) is 0 Å². The highest BCUT2D eigenvalue weighted by molar-refractivity contribution is 7.86. The Labute approximate surface area is 202 Å². The van der Waals surface area contributed by atoms with Gasteiger partial charge in [0, 0.05) is 12.0 Å². The summed E-state index contributed by atoms with van der Waals surface area (Å²) in [5, 5.41) is 0. The van der Waals surface area contributed by atoms with Crippen LogP contribution < -0.4 is 9.46 Å². The number of nitrogens with one attached hydrogen (secondary N) is 1. The third-order valence-electron chi connectivity index (χ3n) is 7.42. The molecule has 1 saturated heterocycles. The van der Waals surface area contributed by atoms with Gasteiger partial charge in [0.05, 0.1) is 24.3 Å². The van der Waals surface area contributed by atoms with Gasteiger partial charge in [-0.25, -0.2) is 13.4 Å². The van der Waals surface area contributed by atoms with Gasteiger partial charge in [-0.05, 0) is 86.5 Å². The van der Waals surface area contributed by atoms with Crippen LogP contribution in [0, 0.1) is 11.7 Å². The summed E-state index contributed by atoms with van der Waals surface area (Å²) in [7, 11) is -0.364. The van der Waals surface area contributed by atoms with Crippen molar-refractivity contribution in [3.05, 3.63) is 52.8 Å². The van der Waals surface area contributed by atoms with E-state index in [1.807, 2.05) is 6.07 Å². The number of anilines is 1. The molecule has 2 aromatic rings. The van der Waals surface area contributed by atoms with Crippen molar-refractivity contribution in [2.75, 3.05) is 31.5 Å². The molecule has 1 saturated carbocycles. The van der Waals surface area contributed by atoms with E-state index >= 15 is 0 Å². The van der Waals surface area contributed by atoms with E-state index in [1.54, 1.807) is 12.1 Å². The largest absolute Gasteiger partial charge is 0.492 e. The molecule has 2 aromatic carbocycles. The molecule has 0 spiro atoms. The second kappa shape index (κ2) is 9.66. The number of benzene rings is 2. The number of hydrogen-bond acceptors (Lipinski definition) is 5. The summed E-state index contributed by atoms with van der Waals surface area (Å²) >= 11 is 0. The van der Waals surface area contributed by atoms with Crippen molar-refractivity contribution in [3.63, 3.8) is 0 Å². The zero-order valence-electron chi connectivity index (χ0n) is 19.6. The molecule has 4 unspecified atom stereocenters. The Kier molecular flexibility index (Phi) is 6.62. The van der Waals surface area contributed by atoms with Crippen LogP contribution in [0.15, 0.2) is 35.2 Å². The number of carbonyl (C=O) groups excluding carboxylic acids is 1. The first-order valence-electron chi connectivity index (χ1n) is 12.1. The predicted molar refractivity (Wildman–Crippen MR) is 129 cm³/mol. The zero-order valence-corrected chi connectivity index (χ0v) is 20.5. The molecule has 182 valence electrons. The van der Waals surface area contributed by atoms with Gasteiger partial charge < -0.3 is 19.1 Å². The summed E-state index contributed by atoms with van der Waals surface area (Å²) in [6.45, 7) is 4.84. The normalized spacial score (nSPS) is 24.0. The van der Waals surface area contributed by atoms with Gasteiger partial charge in [-0.2, -0.15) is 0 Å². The first-order valence-corrected chi connectivity index (χ1v) is 13.2. The molecule has 6 nitrogen and oxygen atoms in total. The smallest absolute Gasteiger partial charge is 0.343 e. The second-order valence-corrected chi connectivity index (χ2v) is 10.6. The molecule has 8 heteroatoms. The Morgan fingerprint density at radius 2 is 2.18 bits per heavy atom. The molecular formula is C26H31FN2O4S. The number of aryl methyl sites for hydroxylation is 1. The lowest BCUT2D eigenvalue weighted by Gasteiger charge is -2.23. The molecule has 1 N–H and O–H groups in total. The molecule has 0 bridgehead atoms. The maximum Gasteiger partial charge on any atom is 0.343 e. The summed E-state index contributed by atoms with van der Waals surface area (Å²) in [6.07, 6.45) is 4.91. The third-order valence-corrected chi connectivity index (χ3v) is 8.62. The molecule has 34 heavy (non-hydrogen) atoms. The average molecular weight is 487 g/mol. The fourth-order valence-corrected chi connectivity index (χ4v) is 6.55. The van der Waals surface area contributed by atoms with Gasteiger partial charge in [-0.15, -0.1) is 0 Å². The molecule has 0 aromatic heterocycles. The van der Waals surface area contributed by atoms with Crippen LogP contribution in [-0.4, -0.2) is 47.9 Å². The van der Waals surface area contributed by atoms with Gasteiger partial charge >= 0.3 is 5.97 Å². The summed E-state index contributed by atoms with van der Waals surface area (Å²) in [5.41, 5.74) is 2.40. The second-order valence-electron chi connectivity index (χ2n) is 9.40. The summed E-state index contributed by atoms with van der Waals surface area (Å²) < 4.78 is 41.5. The maximum absolute atomic E-state index is 14.1. The van der Waals surface area contributed by atoms with Crippen LogP contribution in [0.5, 0.6) is 5.75 Å². The number of nitrogens with zero attached hydrogens (tertiary/aromatic N) is 1. The van der Waals surface area contributed by atoms with Gasteiger partial charge in [-0.1, -0.05) is 13.0 Å². The molecule has 0 radical (unpaired) electrons. The van der Waals surface area contributed by atoms with Crippen LogP contribution in [0.1, 0.15) is 60.0 Å². The molecule has 2 aliphatic heterocycles. The lowest BCUT2D eigenvalue weighted by atomic mass is 10.0. The van der Waals surface area contributed by atoms with E-state index in [0.717, 1.165) is 43.5 Å². The highest BCUT2D eigenvalue weighted by atomic mass is 32.2. The maximum atomic E-state index is 14.1. The molecule has 0 amide bonds. The quantitative estimate of drug-likeness (QED) is 0.550. The minimum atomic E-state index is -1.69. The van der Waals surface area contributed by atoms with E-state index in [4.69, 9.17) is 9.47 Å². The van der Waals surface area contributed by atoms with E-state index in [1.165, 1.54) is 25.7 Å². The van der Waals surface area contributed by atoms with Crippen LogP contribution in [0.25, 0.3) is 0 Å². The Balaban J connectivity index is 1.40. The van der Waals surface area contributed by atoms with E-state index < -0.39 is 17.0 Å². The summed E-state index contributed by atoms with van der Waals surface area (Å²) in [5.74, 6) is 0.569. The fraction of sp³-hybridized carbons (Fsp3) is 0.500.